The van der Waals surface area contributed by atoms with Gasteiger partial charge in [-0.1, -0.05) is 209 Å². The monoisotopic (exact) mass is 1010 g/mol. The number of ether oxygens (including phenoxy) is 1. The van der Waals surface area contributed by atoms with Crippen molar-refractivity contribution in [2.24, 2.45) is 0 Å². The Bertz CT molecular complexity index is 1490. The van der Waals surface area contributed by atoms with Crippen LogP contribution in [0.15, 0.2) is 85.1 Å². The highest BCUT2D eigenvalue weighted by Crippen LogP contribution is 2.43. The van der Waals surface area contributed by atoms with E-state index >= 15 is 0 Å². The minimum Gasteiger partial charge on any atom is -0.456 e. The molecule has 0 aliphatic carbocycles. The highest BCUT2D eigenvalue weighted by molar-refractivity contribution is 7.47. The largest absolute Gasteiger partial charge is 0.472 e. The van der Waals surface area contributed by atoms with Crippen LogP contribution in [0.3, 0.4) is 0 Å². The molecule has 0 bridgehead atoms. The lowest BCUT2D eigenvalue weighted by Crippen LogP contribution is -2.47. The summed E-state index contributed by atoms with van der Waals surface area (Å²) in [6, 6.07) is -0.873. The van der Waals surface area contributed by atoms with E-state index in [-0.39, 0.29) is 37.9 Å². The van der Waals surface area contributed by atoms with Crippen molar-refractivity contribution in [3.8, 4) is 0 Å². The number of phosphoric acid groups is 1. The zero-order valence-corrected chi connectivity index (χ0v) is 47.6. The van der Waals surface area contributed by atoms with Crippen LogP contribution in [0.1, 0.15) is 239 Å². The van der Waals surface area contributed by atoms with E-state index < -0.39 is 20.0 Å². The summed E-state index contributed by atoms with van der Waals surface area (Å²) in [5, 5.41) is 3.02. The average molecular weight is 1010 g/mol. The van der Waals surface area contributed by atoms with Crippen molar-refractivity contribution in [3.05, 3.63) is 85.1 Å². The van der Waals surface area contributed by atoms with Crippen molar-refractivity contribution in [1.82, 2.24) is 5.32 Å². The summed E-state index contributed by atoms with van der Waals surface area (Å²) in [4.78, 5) is 37.6. The molecule has 0 saturated carbocycles. The maximum absolute atomic E-state index is 13.5. The first kappa shape index (κ1) is 68.2. The average Bonchev–Trinajstić information content (AvgIpc) is 3.33. The first-order chi connectivity index (χ1) is 34.4. The number of nitrogens with zero attached hydrogens (tertiary/aromatic N) is 1. The third-order valence-electron chi connectivity index (χ3n) is 12.3. The van der Waals surface area contributed by atoms with Crippen molar-refractivity contribution in [2.75, 3.05) is 40.9 Å². The van der Waals surface area contributed by atoms with Crippen LogP contribution in [0.2, 0.25) is 0 Å². The van der Waals surface area contributed by atoms with E-state index in [0.717, 1.165) is 103 Å². The number of hydrogen-bond donors (Lipinski definition) is 2. The van der Waals surface area contributed by atoms with E-state index in [2.05, 4.69) is 99.0 Å². The van der Waals surface area contributed by atoms with Gasteiger partial charge in [0.05, 0.1) is 33.8 Å². The van der Waals surface area contributed by atoms with Crippen LogP contribution in [0.25, 0.3) is 0 Å². The van der Waals surface area contributed by atoms with Crippen molar-refractivity contribution in [3.63, 3.8) is 0 Å². The van der Waals surface area contributed by atoms with Crippen LogP contribution in [0, 0.1) is 0 Å². The topological polar surface area (TPSA) is 111 Å². The molecule has 0 radical (unpaired) electrons. The number of carbonyl (C=O) groups excluding carboxylic acids is 2. The molecular weight excluding hydrogens is 904 g/mol. The number of allylic oxidation sites excluding steroid dienone is 13. The molecule has 0 rings (SSSR count). The molecule has 9 nitrogen and oxygen atoms in total. The minimum absolute atomic E-state index is 0.0281. The summed E-state index contributed by atoms with van der Waals surface area (Å²) in [6.45, 7) is 6.90. The molecule has 0 heterocycles. The fourth-order valence-electron chi connectivity index (χ4n) is 7.79. The maximum Gasteiger partial charge on any atom is 0.472 e. The molecule has 0 aliphatic rings. The zero-order chi connectivity index (χ0) is 52.2. The molecule has 0 aromatic heterocycles. The Morgan fingerprint density at radius 1 is 0.507 bits per heavy atom. The van der Waals surface area contributed by atoms with Gasteiger partial charge in [0.1, 0.15) is 19.3 Å². The summed E-state index contributed by atoms with van der Waals surface area (Å²) >= 11 is 0. The summed E-state index contributed by atoms with van der Waals surface area (Å²) in [5.74, 6) is -0.559. The van der Waals surface area contributed by atoms with E-state index in [1.807, 2.05) is 33.3 Å². The van der Waals surface area contributed by atoms with Crippen LogP contribution in [0.5, 0.6) is 0 Å². The van der Waals surface area contributed by atoms with Gasteiger partial charge in [-0.2, -0.15) is 0 Å². The molecule has 0 fully saturated rings. The van der Waals surface area contributed by atoms with Gasteiger partial charge in [0.15, 0.2) is 0 Å². The number of carbonyl (C=O) groups is 2. The van der Waals surface area contributed by atoms with Crippen LogP contribution in [-0.2, 0) is 27.9 Å². The van der Waals surface area contributed by atoms with E-state index in [4.69, 9.17) is 13.8 Å². The Morgan fingerprint density at radius 3 is 1.41 bits per heavy atom. The Kier molecular flexibility index (Phi) is 48.7. The second kappa shape index (κ2) is 50.7. The second-order valence-corrected chi connectivity index (χ2v) is 21.9. The normalized spacial score (nSPS) is 14.4. The maximum atomic E-state index is 13.5. The van der Waals surface area contributed by atoms with Gasteiger partial charge < -0.3 is 19.4 Å². The van der Waals surface area contributed by atoms with Gasteiger partial charge in [-0.25, -0.2) is 4.57 Å². The van der Waals surface area contributed by atoms with Gasteiger partial charge in [0.2, 0.25) is 5.91 Å². The lowest BCUT2D eigenvalue weighted by molar-refractivity contribution is -0.870. The van der Waals surface area contributed by atoms with Crippen molar-refractivity contribution in [1.29, 1.82) is 0 Å². The molecule has 3 atom stereocenters. The van der Waals surface area contributed by atoms with E-state index in [1.165, 1.54) is 96.3 Å². The number of hydrogen-bond acceptors (Lipinski definition) is 6. The van der Waals surface area contributed by atoms with Crippen LogP contribution in [-0.4, -0.2) is 74.3 Å². The van der Waals surface area contributed by atoms with Gasteiger partial charge in [-0.15, -0.1) is 0 Å². The third kappa shape index (κ3) is 51.9. The SMILES string of the molecule is CCCCC/C=C\C/C=C\C/C=C\C/C=C\CCCCCC(=O)NC(COP(=O)(O)OCC[N+](C)(C)C)C(/C=C\CCCCCCCCCCC)OC(=O)CCCCCCCC/C=C/C=C/CCCCC. The standard InChI is InChI=1S/C61H109N2O7P/c1-7-10-13-16-19-22-25-27-29-30-31-32-34-35-38-41-44-47-50-53-60(64)62-58(57-69-71(66,67)68-56-55-63(4,5)6)59(52-49-46-43-40-37-24-21-18-15-12-9-3)70-61(65)54-51-48-45-42-39-36-33-28-26-23-20-17-14-11-8-2/h19-20,22-23,26-29,31-32,35,38,49,52,58-59H,7-18,21,24-25,30,33-34,36-37,39-48,50-51,53-57H2,1-6H3,(H-,62,64,66,67)/p+1/b22-19-,23-20+,28-26+,29-27-,32-31-,38-35-,52-49-. The lowest BCUT2D eigenvalue weighted by Gasteiger charge is -2.27. The summed E-state index contributed by atoms with van der Waals surface area (Å²) in [7, 11) is 1.46. The number of amides is 1. The Balaban J connectivity index is 5.39. The Labute approximate surface area is 437 Å². The minimum atomic E-state index is -4.46. The fourth-order valence-corrected chi connectivity index (χ4v) is 8.53. The van der Waals surface area contributed by atoms with Crippen LogP contribution < -0.4 is 5.32 Å². The molecule has 3 unspecified atom stereocenters. The number of unbranched alkanes of at least 4 members (excludes halogenated alkanes) is 24. The number of rotatable bonds is 51. The highest BCUT2D eigenvalue weighted by atomic mass is 31.2. The van der Waals surface area contributed by atoms with Gasteiger partial charge in [0.25, 0.3) is 0 Å². The van der Waals surface area contributed by atoms with E-state index in [9.17, 15) is 19.0 Å². The second-order valence-electron chi connectivity index (χ2n) is 20.5. The number of likely N-dealkylation sites (N-methyl/N-ethyl adjacent to an activating group) is 1. The van der Waals surface area contributed by atoms with Crippen molar-refractivity contribution < 1.29 is 37.3 Å². The molecule has 0 saturated heterocycles. The quantitative estimate of drug-likeness (QED) is 0.0156. The van der Waals surface area contributed by atoms with Gasteiger partial charge in [0, 0.05) is 12.8 Å². The van der Waals surface area contributed by atoms with Gasteiger partial charge >= 0.3 is 13.8 Å². The highest BCUT2D eigenvalue weighted by Gasteiger charge is 2.30. The molecule has 2 N–H and O–H groups in total. The van der Waals surface area contributed by atoms with Crippen molar-refractivity contribution >= 4 is 19.7 Å². The molecule has 0 aliphatic heterocycles. The van der Waals surface area contributed by atoms with E-state index in [1.54, 1.807) is 0 Å². The third-order valence-corrected chi connectivity index (χ3v) is 13.3. The first-order valence-electron chi connectivity index (χ1n) is 28.9. The molecule has 0 spiro atoms. The van der Waals surface area contributed by atoms with Crippen molar-refractivity contribution in [2.45, 2.75) is 251 Å². The molecule has 0 aromatic carbocycles. The van der Waals surface area contributed by atoms with Crippen LogP contribution >= 0.6 is 7.82 Å². The molecular formula is C61H110N2O7P+. The number of nitrogens with one attached hydrogen (secondary N) is 1. The molecule has 410 valence electrons. The smallest absolute Gasteiger partial charge is 0.456 e. The molecule has 71 heavy (non-hydrogen) atoms. The number of esters is 1. The summed E-state index contributed by atoms with van der Waals surface area (Å²) in [5.41, 5.74) is 0. The van der Waals surface area contributed by atoms with E-state index in [0.29, 0.717) is 17.4 Å². The Hall–Kier alpha value is -2.81. The summed E-state index contributed by atoms with van der Waals surface area (Å²) in [6.07, 6.45) is 65.7. The molecule has 1 amide bonds. The predicted octanol–water partition coefficient (Wildman–Crippen LogP) is 17.4. The predicted molar refractivity (Wildman–Crippen MR) is 304 cm³/mol. The fraction of sp³-hybridized carbons (Fsp3) is 0.738. The number of phosphoric ester groups is 1. The number of quaternary nitrogens is 1. The zero-order valence-electron chi connectivity index (χ0n) is 46.7. The molecule has 10 heteroatoms. The first-order valence-corrected chi connectivity index (χ1v) is 30.4. The van der Waals surface area contributed by atoms with Gasteiger partial charge in [-0.05, 0) is 102 Å². The van der Waals surface area contributed by atoms with Crippen LogP contribution in [0.4, 0.5) is 0 Å². The van der Waals surface area contributed by atoms with Gasteiger partial charge in [-0.3, -0.25) is 18.6 Å². The Morgan fingerprint density at radius 2 is 0.901 bits per heavy atom. The summed E-state index contributed by atoms with van der Waals surface area (Å²) < 4.78 is 30.6. The molecule has 0 aromatic rings. The lowest BCUT2D eigenvalue weighted by atomic mass is 10.1.